The quantitative estimate of drug-likeness (QED) is 0.0387. The number of anilines is 1. The van der Waals surface area contributed by atoms with Crippen LogP contribution in [0.1, 0.15) is 241 Å². The van der Waals surface area contributed by atoms with Crippen molar-refractivity contribution in [2.24, 2.45) is 5.92 Å². The molecule has 1 aliphatic heterocycles. The lowest BCUT2D eigenvalue weighted by Gasteiger charge is -2.27. The Hall–Kier alpha value is -2.99. The number of likely N-dealkylation sites (N-methyl/N-ethyl adjacent to an activating group) is 1. The Morgan fingerprint density at radius 2 is 1.11 bits per heavy atom. The predicted octanol–water partition coefficient (Wildman–Crippen LogP) is 13.1. The highest BCUT2D eigenvalue weighted by atomic mass is 32.1. The van der Waals surface area contributed by atoms with E-state index in [0.717, 1.165) is 87.5 Å². The molecule has 1 aliphatic rings. The Labute approximate surface area is 399 Å². The van der Waals surface area contributed by atoms with Crippen LogP contribution in [0.3, 0.4) is 0 Å². The lowest BCUT2D eigenvalue weighted by atomic mass is 9.94. The molecule has 0 aromatic carbocycles. The number of amides is 2. The molecule has 1 aromatic heterocycles. The van der Waals surface area contributed by atoms with Gasteiger partial charge in [0.1, 0.15) is 11.6 Å². The van der Waals surface area contributed by atoms with Crippen LogP contribution in [0.2, 0.25) is 0 Å². The minimum Gasteiger partial charge on any atom is -0.466 e. The highest BCUT2D eigenvalue weighted by molar-refractivity contribution is 7.17. The van der Waals surface area contributed by atoms with Crippen molar-refractivity contribution in [2.75, 3.05) is 52.3 Å². The third kappa shape index (κ3) is 27.4. The number of nitrogens with one attached hydrogen (secondary N) is 1. The molecule has 2 rings (SSSR count). The first-order valence-electron chi connectivity index (χ1n) is 26.5. The number of carbonyl (C=O) groups is 5. The van der Waals surface area contributed by atoms with E-state index in [0.29, 0.717) is 75.5 Å². The van der Waals surface area contributed by atoms with Crippen LogP contribution in [-0.2, 0) is 46.4 Å². The van der Waals surface area contributed by atoms with E-state index in [4.69, 9.17) is 14.2 Å². The molecule has 0 fully saturated rings. The zero-order chi connectivity index (χ0) is 47.3. The van der Waals surface area contributed by atoms with Gasteiger partial charge in [0.15, 0.2) is 0 Å². The van der Waals surface area contributed by atoms with E-state index in [2.05, 4.69) is 26.1 Å². The summed E-state index contributed by atoms with van der Waals surface area (Å²) < 4.78 is 16.9. The van der Waals surface area contributed by atoms with Crippen LogP contribution in [0.5, 0.6) is 0 Å². The monoisotopic (exact) mass is 932 g/mol. The molecule has 0 aliphatic carbocycles. The lowest BCUT2D eigenvalue weighted by Crippen LogP contribution is -2.35. The Bertz CT molecular complexity index is 1430. The van der Waals surface area contributed by atoms with Gasteiger partial charge in [0.2, 0.25) is 11.8 Å². The van der Waals surface area contributed by atoms with E-state index in [-0.39, 0.29) is 36.3 Å². The number of ether oxygens (including phenoxy) is 3. The number of esters is 3. The third-order valence-corrected chi connectivity index (χ3v) is 13.7. The fraction of sp³-hybridized carbons (Fsp3) is 0.830. The molecular formula is C53H93N3O8S. The van der Waals surface area contributed by atoms with E-state index >= 15 is 0 Å². The number of rotatable bonds is 41. The summed E-state index contributed by atoms with van der Waals surface area (Å²) >= 11 is 1.36. The van der Waals surface area contributed by atoms with Gasteiger partial charge in [-0.3, -0.25) is 19.2 Å². The average molecular weight is 932 g/mol. The first kappa shape index (κ1) is 58.1. The zero-order valence-corrected chi connectivity index (χ0v) is 42.8. The lowest BCUT2D eigenvalue weighted by molar-refractivity contribution is -0.149. The van der Waals surface area contributed by atoms with Crippen LogP contribution in [-0.4, -0.2) is 86.5 Å². The summed E-state index contributed by atoms with van der Waals surface area (Å²) in [5.41, 5.74) is 1.27. The number of nitrogens with zero attached hydrogens (tertiary/aromatic N) is 2. The van der Waals surface area contributed by atoms with Crippen molar-refractivity contribution in [3.05, 3.63) is 16.0 Å². The molecule has 0 saturated heterocycles. The molecule has 374 valence electrons. The molecule has 1 N–H and O–H groups in total. The van der Waals surface area contributed by atoms with Crippen molar-refractivity contribution in [2.45, 2.75) is 233 Å². The molecule has 0 bridgehead atoms. The smallest absolute Gasteiger partial charge is 0.341 e. The number of fused-ring (bicyclic) bond motifs is 1. The maximum absolute atomic E-state index is 13.5. The maximum Gasteiger partial charge on any atom is 0.341 e. The molecule has 2 amide bonds. The summed E-state index contributed by atoms with van der Waals surface area (Å²) in [6, 6.07) is 0. The van der Waals surface area contributed by atoms with Gasteiger partial charge in [0.05, 0.1) is 31.2 Å². The summed E-state index contributed by atoms with van der Waals surface area (Å²) in [7, 11) is 3.84. The maximum atomic E-state index is 13.5. The molecule has 11 nitrogen and oxygen atoms in total. The van der Waals surface area contributed by atoms with Crippen LogP contribution in [0, 0.1) is 5.92 Å². The highest BCUT2D eigenvalue weighted by Gasteiger charge is 2.31. The van der Waals surface area contributed by atoms with Crippen molar-refractivity contribution >= 4 is 46.1 Å². The summed E-state index contributed by atoms with van der Waals surface area (Å²) in [5, 5.41) is 3.50. The van der Waals surface area contributed by atoms with Crippen molar-refractivity contribution in [1.82, 2.24) is 9.80 Å². The van der Waals surface area contributed by atoms with Crippen LogP contribution >= 0.6 is 11.3 Å². The van der Waals surface area contributed by atoms with Gasteiger partial charge in [0, 0.05) is 37.2 Å². The number of hydrogen-bond acceptors (Lipinski definition) is 10. The highest BCUT2D eigenvalue weighted by Crippen LogP contribution is 2.38. The van der Waals surface area contributed by atoms with Crippen LogP contribution in [0.25, 0.3) is 0 Å². The molecule has 12 heteroatoms. The molecule has 0 spiro atoms. The second-order valence-electron chi connectivity index (χ2n) is 18.8. The topological polar surface area (TPSA) is 132 Å². The van der Waals surface area contributed by atoms with E-state index in [1.54, 1.807) is 0 Å². The van der Waals surface area contributed by atoms with E-state index in [1.165, 1.54) is 108 Å². The number of hydrogen-bond donors (Lipinski definition) is 1. The largest absolute Gasteiger partial charge is 0.466 e. The van der Waals surface area contributed by atoms with E-state index < -0.39 is 5.97 Å². The Kier molecular flexibility index (Phi) is 34.0. The van der Waals surface area contributed by atoms with Gasteiger partial charge in [-0.2, -0.15) is 0 Å². The van der Waals surface area contributed by atoms with Crippen molar-refractivity contribution in [1.29, 1.82) is 0 Å². The summed E-state index contributed by atoms with van der Waals surface area (Å²) in [4.78, 5) is 70.0. The van der Waals surface area contributed by atoms with Crippen LogP contribution in [0.4, 0.5) is 5.00 Å². The second kappa shape index (κ2) is 38.0. The minimum absolute atomic E-state index is 0.00602. The molecule has 0 radical (unpaired) electrons. The first-order chi connectivity index (χ1) is 31.6. The summed E-state index contributed by atoms with van der Waals surface area (Å²) in [6.45, 7) is 9.29. The van der Waals surface area contributed by atoms with Gasteiger partial charge in [-0.1, -0.05) is 149 Å². The van der Waals surface area contributed by atoms with Gasteiger partial charge in [-0.25, -0.2) is 4.79 Å². The number of carbonyl (C=O) groups excluding carboxylic acids is 5. The van der Waals surface area contributed by atoms with E-state index in [9.17, 15) is 24.0 Å². The Morgan fingerprint density at radius 1 is 0.600 bits per heavy atom. The minimum atomic E-state index is -0.449. The Morgan fingerprint density at radius 3 is 1.71 bits per heavy atom. The van der Waals surface area contributed by atoms with Gasteiger partial charge >= 0.3 is 17.9 Å². The van der Waals surface area contributed by atoms with Crippen molar-refractivity contribution in [3.63, 3.8) is 0 Å². The molecule has 0 unspecified atom stereocenters. The molecule has 2 heterocycles. The average Bonchev–Trinajstić information content (AvgIpc) is 3.65. The molecule has 0 atom stereocenters. The van der Waals surface area contributed by atoms with Gasteiger partial charge in [-0.15, -0.1) is 11.3 Å². The predicted molar refractivity (Wildman–Crippen MR) is 266 cm³/mol. The third-order valence-electron chi connectivity index (χ3n) is 12.6. The zero-order valence-electron chi connectivity index (χ0n) is 42.0. The first-order valence-corrected chi connectivity index (χ1v) is 27.3. The van der Waals surface area contributed by atoms with Crippen LogP contribution in [0.15, 0.2) is 0 Å². The van der Waals surface area contributed by atoms with Crippen molar-refractivity contribution < 1.29 is 38.2 Å². The fourth-order valence-corrected chi connectivity index (χ4v) is 9.72. The van der Waals surface area contributed by atoms with E-state index in [1.807, 2.05) is 23.9 Å². The SMILES string of the molecule is CCCCCCCCCOC(=O)CCCCCCC(=O)Nc1sc2c(c1C(=O)OCCN(C)C)CCN(C(=O)CCCCCOC(=O)C(CCCCCCCC)CCCCCCCC)C2. The number of unbranched alkanes of at least 4 members (excludes halogenated alkanes) is 21. The summed E-state index contributed by atoms with van der Waals surface area (Å²) in [6.07, 6.45) is 31.8. The fourth-order valence-electron chi connectivity index (χ4n) is 8.45. The standard InChI is InChI=1S/C53H93N3O8S/c1-6-9-12-15-18-23-30-40-62-49(59)36-29-22-21-27-34-47(57)54-51-50(53(61)64-42-39-55(4)5)45-37-38-56(43-46(45)65-51)48(58)35-28-24-31-41-63-52(60)44(32-25-19-16-13-10-7-2)33-26-20-17-14-11-8-3/h44H,6-43H2,1-5H3,(H,54,57). The molecule has 1 aromatic rings. The van der Waals surface area contributed by atoms with Gasteiger partial charge in [-0.05, 0) is 77.4 Å². The molecule has 65 heavy (non-hydrogen) atoms. The van der Waals surface area contributed by atoms with Crippen molar-refractivity contribution in [3.8, 4) is 0 Å². The molecular weight excluding hydrogens is 839 g/mol. The normalized spacial score (nSPS) is 12.4. The Balaban J connectivity index is 1.80. The van der Waals surface area contributed by atoms with Crippen LogP contribution < -0.4 is 5.32 Å². The second-order valence-corrected chi connectivity index (χ2v) is 19.9. The van der Waals surface area contributed by atoms with Gasteiger partial charge < -0.3 is 29.3 Å². The number of thiophene rings is 1. The molecule has 0 saturated carbocycles. The van der Waals surface area contributed by atoms with Gasteiger partial charge in [0.25, 0.3) is 0 Å². The summed E-state index contributed by atoms with van der Waals surface area (Å²) in [5.74, 6) is -0.731.